The molecule has 12 nitrogen and oxygen atoms in total. The van der Waals surface area contributed by atoms with Gasteiger partial charge in [0.1, 0.15) is 5.92 Å². The molecule has 1 aromatic heterocycles. The Morgan fingerprint density at radius 3 is 2.54 bits per heavy atom. The quantitative estimate of drug-likeness (QED) is 0.356. The van der Waals surface area contributed by atoms with Gasteiger partial charge in [0.15, 0.2) is 11.5 Å². The van der Waals surface area contributed by atoms with Gasteiger partial charge in [-0.05, 0) is 26.3 Å². The summed E-state index contributed by atoms with van der Waals surface area (Å²) in [5.41, 5.74) is 0.674. The van der Waals surface area contributed by atoms with Gasteiger partial charge in [0.25, 0.3) is 11.6 Å². The summed E-state index contributed by atoms with van der Waals surface area (Å²) in [5.74, 6) is -4.26. The van der Waals surface area contributed by atoms with Crippen LogP contribution in [0.25, 0.3) is 0 Å². The van der Waals surface area contributed by atoms with Gasteiger partial charge in [-0.25, -0.2) is 14.8 Å². The monoisotopic (exact) mass is 481 g/mol. The molecule has 1 N–H and O–H groups in total. The molecular formula is C23H23N5O7. The van der Waals surface area contributed by atoms with E-state index in [0.717, 1.165) is 0 Å². The summed E-state index contributed by atoms with van der Waals surface area (Å²) >= 11 is 0. The van der Waals surface area contributed by atoms with Crippen LogP contribution in [0.3, 0.4) is 0 Å². The average Bonchev–Trinajstić information content (AvgIpc) is 2.83. The first kappa shape index (κ1) is 25.1. The molecule has 0 fully saturated rings. The fraction of sp³-hybridized carbons (Fsp3) is 0.304. The fourth-order valence-electron chi connectivity index (χ4n) is 3.91. The third kappa shape index (κ3) is 5.21. The molecule has 2 unspecified atom stereocenters. The largest absolute Gasteiger partial charge is 0.468 e. The molecule has 0 saturated heterocycles. The summed E-state index contributed by atoms with van der Waals surface area (Å²) in [6, 6.07) is 5.66. The maximum Gasteiger partial charge on any atom is 0.360 e. The zero-order valence-corrected chi connectivity index (χ0v) is 19.5. The van der Waals surface area contributed by atoms with Gasteiger partial charge in [-0.3, -0.25) is 24.7 Å². The van der Waals surface area contributed by atoms with E-state index in [1.165, 1.54) is 37.7 Å². The number of carbonyl (C=O) groups is 3. The molecule has 1 aromatic carbocycles. The maximum absolute atomic E-state index is 13.5. The second-order valence-electron chi connectivity index (χ2n) is 7.51. The smallest absolute Gasteiger partial charge is 0.360 e. The number of rotatable bonds is 7. The number of allylic oxidation sites excluding steroid dienone is 1. The van der Waals surface area contributed by atoms with E-state index in [1.54, 1.807) is 26.8 Å². The summed E-state index contributed by atoms with van der Waals surface area (Å²) in [6.45, 7) is 4.92. The zero-order valence-electron chi connectivity index (χ0n) is 19.5. The minimum Gasteiger partial charge on any atom is -0.468 e. The Hall–Kier alpha value is -4.48. The number of nitro benzene ring substituents is 1. The van der Waals surface area contributed by atoms with Crippen LogP contribution < -0.4 is 5.32 Å². The van der Waals surface area contributed by atoms with Gasteiger partial charge >= 0.3 is 11.9 Å². The second-order valence-corrected chi connectivity index (χ2v) is 7.51. The first-order valence-electron chi connectivity index (χ1n) is 10.6. The third-order valence-electron chi connectivity index (χ3n) is 5.37. The Balaban J connectivity index is 2.12. The van der Waals surface area contributed by atoms with Crippen molar-refractivity contribution in [2.45, 2.75) is 26.7 Å². The standard InChI is InChI=1S/C23H23N5O7/c1-5-35-23(31)19-20(25-10-9-24-19)27-21(29)16-12(2)26-13(3)17(22(30)34-4)18(16)14-7-6-8-15(11-14)28(32)33/h6-11,17-18H,5H2,1-4H3,(H,25,27,29). The molecule has 1 amide bonds. The van der Waals surface area contributed by atoms with Gasteiger partial charge in [0, 0.05) is 47.4 Å². The Bertz CT molecular complexity index is 1250. The molecule has 3 rings (SSSR count). The van der Waals surface area contributed by atoms with E-state index in [-0.39, 0.29) is 29.4 Å². The predicted molar refractivity (Wildman–Crippen MR) is 124 cm³/mol. The number of nitro groups is 1. The van der Waals surface area contributed by atoms with E-state index in [0.29, 0.717) is 17.0 Å². The fourth-order valence-corrected chi connectivity index (χ4v) is 3.91. The molecule has 2 aromatic rings. The molecular weight excluding hydrogens is 458 g/mol. The van der Waals surface area contributed by atoms with E-state index in [4.69, 9.17) is 9.47 Å². The van der Waals surface area contributed by atoms with Gasteiger partial charge in [-0.2, -0.15) is 0 Å². The number of nitrogens with zero attached hydrogens (tertiary/aromatic N) is 4. The van der Waals surface area contributed by atoms with Crippen LogP contribution >= 0.6 is 0 Å². The molecule has 0 radical (unpaired) electrons. The summed E-state index contributed by atoms with van der Waals surface area (Å²) in [6.07, 6.45) is 2.57. The highest BCUT2D eigenvalue weighted by Crippen LogP contribution is 2.40. The first-order chi connectivity index (χ1) is 16.7. The number of non-ortho nitro benzene ring substituents is 1. The van der Waals surface area contributed by atoms with Crippen molar-refractivity contribution in [1.29, 1.82) is 0 Å². The van der Waals surface area contributed by atoms with Crippen molar-refractivity contribution in [2.24, 2.45) is 10.9 Å². The van der Waals surface area contributed by atoms with Crippen molar-refractivity contribution in [3.05, 3.63) is 69.3 Å². The molecule has 1 aliphatic heterocycles. The van der Waals surface area contributed by atoms with Crippen LogP contribution in [0.5, 0.6) is 0 Å². The van der Waals surface area contributed by atoms with E-state index in [9.17, 15) is 24.5 Å². The third-order valence-corrected chi connectivity index (χ3v) is 5.37. The topological polar surface area (TPSA) is 163 Å². The summed E-state index contributed by atoms with van der Waals surface area (Å²) in [5, 5.41) is 13.9. The number of amides is 1. The predicted octanol–water partition coefficient (Wildman–Crippen LogP) is 2.82. The number of esters is 2. The number of carbonyl (C=O) groups excluding carboxylic acids is 3. The molecule has 12 heteroatoms. The Kier molecular flexibility index (Phi) is 7.64. The molecule has 0 spiro atoms. The Labute approximate surface area is 200 Å². The molecule has 2 atom stereocenters. The zero-order chi connectivity index (χ0) is 25.7. The minimum atomic E-state index is -1.02. The highest BCUT2D eigenvalue weighted by atomic mass is 16.6. The Morgan fingerprint density at radius 1 is 1.17 bits per heavy atom. The minimum absolute atomic E-state index is 0.0620. The molecule has 1 aliphatic rings. The number of methoxy groups -OCH3 is 1. The molecule has 0 bridgehead atoms. The number of hydrogen-bond acceptors (Lipinski definition) is 10. The SMILES string of the molecule is CCOC(=O)c1nccnc1NC(=O)C1=C(C)N=C(C)C(C(=O)OC)C1c1cccc([N+](=O)[O-])c1. The van der Waals surface area contributed by atoms with Crippen LogP contribution in [-0.4, -0.2) is 52.2 Å². The lowest BCUT2D eigenvalue weighted by Gasteiger charge is -2.31. The number of hydrogen-bond donors (Lipinski definition) is 1. The lowest BCUT2D eigenvalue weighted by atomic mass is 9.75. The van der Waals surface area contributed by atoms with Crippen LogP contribution in [0.15, 0.2) is 52.9 Å². The van der Waals surface area contributed by atoms with Crippen LogP contribution in [0.1, 0.15) is 42.7 Å². The van der Waals surface area contributed by atoms with Gasteiger partial charge in [0.2, 0.25) is 0 Å². The summed E-state index contributed by atoms with van der Waals surface area (Å²) in [4.78, 5) is 61.7. The van der Waals surface area contributed by atoms with Gasteiger partial charge in [-0.1, -0.05) is 12.1 Å². The van der Waals surface area contributed by atoms with Crippen LogP contribution in [0.4, 0.5) is 11.5 Å². The summed E-state index contributed by atoms with van der Waals surface area (Å²) < 4.78 is 9.93. The number of nitrogens with one attached hydrogen (secondary N) is 1. The molecule has 0 saturated carbocycles. The summed E-state index contributed by atoms with van der Waals surface area (Å²) in [7, 11) is 1.20. The second kappa shape index (κ2) is 10.6. The van der Waals surface area contributed by atoms with Crippen molar-refractivity contribution in [3.63, 3.8) is 0 Å². The van der Waals surface area contributed by atoms with E-state index in [1.807, 2.05) is 0 Å². The van der Waals surface area contributed by atoms with Gasteiger partial charge < -0.3 is 14.8 Å². The van der Waals surface area contributed by atoms with Crippen LogP contribution in [-0.2, 0) is 19.1 Å². The number of aromatic nitrogens is 2. The van der Waals surface area contributed by atoms with E-state index < -0.39 is 34.6 Å². The van der Waals surface area contributed by atoms with E-state index >= 15 is 0 Å². The number of ether oxygens (including phenoxy) is 2. The van der Waals surface area contributed by atoms with Crippen molar-refractivity contribution >= 4 is 35.1 Å². The lowest BCUT2D eigenvalue weighted by molar-refractivity contribution is -0.384. The Morgan fingerprint density at radius 2 is 1.89 bits per heavy atom. The number of aliphatic imine (C=N–C) groups is 1. The normalized spacial score (nSPS) is 17.3. The van der Waals surface area contributed by atoms with Crippen LogP contribution in [0, 0.1) is 16.0 Å². The maximum atomic E-state index is 13.5. The molecule has 0 aliphatic carbocycles. The van der Waals surface area contributed by atoms with Gasteiger partial charge in [-0.15, -0.1) is 0 Å². The molecule has 2 heterocycles. The van der Waals surface area contributed by atoms with Crippen LogP contribution in [0.2, 0.25) is 0 Å². The first-order valence-corrected chi connectivity index (χ1v) is 10.6. The van der Waals surface area contributed by atoms with Crippen molar-refractivity contribution < 1.29 is 28.8 Å². The number of benzene rings is 1. The van der Waals surface area contributed by atoms with Crippen molar-refractivity contribution in [3.8, 4) is 0 Å². The van der Waals surface area contributed by atoms with E-state index in [2.05, 4.69) is 20.3 Å². The van der Waals surface area contributed by atoms with Gasteiger partial charge in [0.05, 0.1) is 18.6 Å². The highest BCUT2D eigenvalue weighted by molar-refractivity contribution is 6.12. The van der Waals surface area contributed by atoms with Crippen molar-refractivity contribution in [2.75, 3.05) is 19.0 Å². The highest BCUT2D eigenvalue weighted by Gasteiger charge is 2.42. The van der Waals surface area contributed by atoms with Crippen molar-refractivity contribution in [1.82, 2.24) is 9.97 Å². The molecule has 182 valence electrons. The number of anilines is 1. The average molecular weight is 481 g/mol. The molecule has 35 heavy (non-hydrogen) atoms. The lowest BCUT2D eigenvalue weighted by Crippen LogP contribution is -2.37.